The van der Waals surface area contributed by atoms with Crippen molar-refractivity contribution in [1.82, 2.24) is 0 Å². The molecule has 0 fully saturated rings. The number of Topliss-reactive ketones (excluding diaryl/α,β-unsaturated/α-hetero) is 1. The lowest BCUT2D eigenvalue weighted by molar-refractivity contribution is 0.0925. The summed E-state index contributed by atoms with van der Waals surface area (Å²) in [5.74, 6) is 0.571. The second-order valence-corrected chi connectivity index (χ2v) is 6.04. The van der Waals surface area contributed by atoms with Crippen molar-refractivity contribution in [2.45, 2.75) is 13.3 Å². The van der Waals surface area contributed by atoms with Crippen molar-refractivity contribution < 1.29 is 9.53 Å². The molecule has 0 amide bonds. The van der Waals surface area contributed by atoms with Crippen molar-refractivity contribution >= 4 is 40.3 Å². The Bertz CT molecular complexity index is 593. The minimum Gasteiger partial charge on any atom is -0.485 e. The van der Waals surface area contributed by atoms with Crippen LogP contribution in [-0.2, 0) is 6.42 Å². The first kappa shape index (κ1) is 14.4. The normalized spacial score (nSPS) is 10.5. The van der Waals surface area contributed by atoms with E-state index in [1.165, 1.54) is 11.3 Å². The monoisotopic (exact) mass is 314 g/mol. The van der Waals surface area contributed by atoms with Gasteiger partial charge in [0.1, 0.15) is 5.75 Å². The lowest BCUT2D eigenvalue weighted by atomic mass is 10.1. The van der Waals surface area contributed by atoms with Crippen molar-refractivity contribution in [3.05, 3.63) is 50.1 Å². The molecule has 0 aliphatic rings. The van der Waals surface area contributed by atoms with Crippen LogP contribution in [-0.4, -0.2) is 12.4 Å². The topological polar surface area (TPSA) is 26.3 Å². The molecule has 0 spiro atoms. The van der Waals surface area contributed by atoms with Crippen LogP contribution in [0.1, 0.15) is 22.2 Å². The summed E-state index contributed by atoms with van der Waals surface area (Å²) in [6.45, 7) is 2.02. The lowest BCUT2D eigenvalue weighted by Crippen LogP contribution is -2.10. The Kier molecular flexibility index (Phi) is 4.86. The van der Waals surface area contributed by atoms with E-state index in [2.05, 4.69) is 0 Å². The molecule has 0 unspecified atom stereocenters. The van der Waals surface area contributed by atoms with E-state index in [1.54, 1.807) is 24.3 Å². The van der Waals surface area contributed by atoms with Gasteiger partial charge in [-0.2, -0.15) is 0 Å². The quantitative estimate of drug-likeness (QED) is 0.735. The summed E-state index contributed by atoms with van der Waals surface area (Å²) < 4.78 is 6.08. The van der Waals surface area contributed by atoms with Gasteiger partial charge in [0.25, 0.3) is 0 Å². The molecule has 5 heteroatoms. The highest BCUT2D eigenvalue weighted by molar-refractivity contribution is 7.18. The molecule has 19 heavy (non-hydrogen) atoms. The zero-order valence-corrected chi connectivity index (χ0v) is 12.6. The minimum atomic E-state index is -0.0788. The Hall–Kier alpha value is -1.03. The predicted octanol–water partition coefficient (Wildman–Crippen LogP) is 4.88. The average molecular weight is 315 g/mol. The smallest absolute Gasteiger partial charge is 0.210 e. The molecule has 1 aromatic heterocycles. The van der Waals surface area contributed by atoms with Crippen LogP contribution in [0.3, 0.4) is 0 Å². The fourth-order valence-corrected chi connectivity index (χ4v) is 2.81. The van der Waals surface area contributed by atoms with E-state index in [0.717, 1.165) is 12.0 Å². The maximum Gasteiger partial charge on any atom is 0.210 e. The molecular weight excluding hydrogens is 303 g/mol. The highest BCUT2D eigenvalue weighted by atomic mass is 35.5. The lowest BCUT2D eigenvalue weighted by Gasteiger charge is -2.07. The van der Waals surface area contributed by atoms with Crippen LogP contribution < -0.4 is 4.74 Å². The number of benzene rings is 1. The van der Waals surface area contributed by atoms with E-state index in [9.17, 15) is 4.79 Å². The molecule has 2 rings (SSSR count). The summed E-state index contributed by atoms with van der Waals surface area (Å²) in [4.78, 5) is 12.5. The third-order valence-corrected chi connectivity index (χ3v) is 4.26. The summed E-state index contributed by atoms with van der Waals surface area (Å²) in [5.41, 5.74) is 1.01. The van der Waals surface area contributed by atoms with Gasteiger partial charge in [-0.05, 0) is 42.3 Å². The number of ether oxygens (including phenoxy) is 1. The SMILES string of the molecule is CCc1cc(OCC(=O)c2ccc(Cl)s2)ccc1Cl. The van der Waals surface area contributed by atoms with Gasteiger partial charge in [0, 0.05) is 5.02 Å². The molecule has 2 nitrogen and oxygen atoms in total. The molecule has 0 saturated carbocycles. The molecule has 0 aliphatic heterocycles. The van der Waals surface area contributed by atoms with Crippen molar-refractivity contribution in [1.29, 1.82) is 0 Å². The number of hydrogen-bond acceptors (Lipinski definition) is 3. The maximum atomic E-state index is 11.9. The van der Waals surface area contributed by atoms with Crippen LogP contribution in [0.4, 0.5) is 0 Å². The van der Waals surface area contributed by atoms with Gasteiger partial charge in [0.05, 0.1) is 9.21 Å². The summed E-state index contributed by atoms with van der Waals surface area (Å²) in [6, 6.07) is 8.81. The fourth-order valence-electron chi connectivity index (χ4n) is 1.60. The first-order valence-electron chi connectivity index (χ1n) is 5.80. The number of carbonyl (C=O) groups excluding carboxylic acids is 1. The second kappa shape index (κ2) is 6.42. The Morgan fingerprint density at radius 1 is 1.26 bits per heavy atom. The van der Waals surface area contributed by atoms with Crippen LogP contribution in [0, 0.1) is 0 Å². The van der Waals surface area contributed by atoms with Crippen molar-refractivity contribution in [3.8, 4) is 5.75 Å². The molecule has 1 heterocycles. The van der Waals surface area contributed by atoms with Gasteiger partial charge in [-0.3, -0.25) is 4.79 Å². The standard InChI is InChI=1S/C14H12Cl2O2S/c1-2-9-7-10(3-4-11(9)15)18-8-12(17)13-5-6-14(16)19-13/h3-7H,2,8H2,1H3. The van der Waals surface area contributed by atoms with Gasteiger partial charge in [0.2, 0.25) is 5.78 Å². The summed E-state index contributed by atoms with van der Waals surface area (Å²) in [7, 11) is 0. The van der Waals surface area contributed by atoms with E-state index in [1.807, 2.05) is 13.0 Å². The molecule has 0 radical (unpaired) electrons. The van der Waals surface area contributed by atoms with Crippen LogP contribution >= 0.6 is 34.5 Å². The number of rotatable bonds is 5. The summed E-state index contributed by atoms with van der Waals surface area (Å²) >= 11 is 13.1. The van der Waals surface area contributed by atoms with Crippen molar-refractivity contribution in [2.75, 3.05) is 6.61 Å². The third-order valence-electron chi connectivity index (χ3n) is 2.62. The molecular formula is C14H12Cl2O2S. The zero-order valence-electron chi connectivity index (χ0n) is 10.3. The molecule has 0 aliphatic carbocycles. The van der Waals surface area contributed by atoms with Crippen LogP contribution in [0.15, 0.2) is 30.3 Å². The van der Waals surface area contributed by atoms with Gasteiger partial charge in [0.15, 0.2) is 6.61 Å². The van der Waals surface area contributed by atoms with E-state index in [0.29, 0.717) is 20.0 Å². The zero-order chi connectivity index (χ0) is 13.8. The summed E-state index contributed by atoms with van der Waals surface area (Å²) in [5, 5.41) is 0.714. The molecule has 2 aromatic rings. The number of aryl methyl sites for hydroxylation is 1. The van der Waals surface area contributed by atoms with Gasteiger partial charge >= 0.3 is 0 Å². The third kappa shape index (κ3) is 3.72. The van der Waals surface area contributed by atoms with E-state index in [4.69, 9.17) is 27.9 Å². The van der Waals surface area contributed by atoms with E-state index in [-0.39, 0.29) is 12.4 Å². The predicted molar refractivity (Wildman–Crippen MR) is 80.0 cm³/mol. The molecule has 0 N–H and O–H groups in total. The largest absolute Gasteiger partial charge is 0.485 e. The highest BCUT2D eigenvalue weighted by Gasteiger charge is 2.10. The summed E-state index contributed by atoms with van der Waals surface area (Å²) in [6.07, 6.45) is 0.824. The van der Waals surface area contributed by atoms with Crippen LogP contribution in [0.25, 0.3) is 0 Å². The average Bonchev–Trinajstić information content (AvgIpc) is 2.84. The minimum absolute atomic E-state index is 0.00162. The molecule has 1 aromatic carbocycles. The Morgan fingerprint density at radius 2 is 2.05 bits per heavy atom. The number of halogens is 2. The van der Waals surface area contributed by atoms with Crippen LogP contribution in [0.2, 0.25) is 9.36 Å². The molecule has 100 valence electrons. The van der Waals surface area contributed by atoms with Gasteiger partial charge in [-0.1, -0.05) is 30.1 Å². The first-order chi connectivity index (χ1) is 9.10. The van der Waals surface area contributed by atoms with Gasteiger partial charge in [-0.15, -0.1) is 11.3 Å². The molecule has 0 bridgehead atoms. The number of ketones is 1. The first-order valence-corrected chi connectivity index (χ1v) is 7.37. The van der Waals surface area contributed by atoms with E-state index < -0.39 is 0 Å². The highest BCUT2D eigenvalue weighted by Crippen LogP contribution is 2.24. The second-order valence-electron chi connectivity index (χ2n) is 3.92. The van der Waals surface area contributed by atoms with E-state index >= 15 is 0 Å². The van der Waals surface area contributed by atoms with Crippen molar-refractivity contribution in [3.63, 3.8) is 0 Å². The van der Waals surface area contributed by atoms with Crippen LogP contribution in [0.5, 0.6) is 5.75 Å². The fraction of sp³-hybridized carbons (Fsp3) is 0.214. The number of hydrogen-bond donors (Lipinski definition) is 0. The molecule has 0 saturated heterocycles. The Labute approximate surface area is 125 Å². The number of thiophene rings is 1. The maximum absolute atomic E-state index is 11.9. The van der Waals surface area contributed by atoms with Crippen molar-refractivity contribution in [2.24, 2.45) is 0 Å². The Balaban J connectivity index is 2.01. The van der Waals surface area contributed by atoms with Gasteiger partial charge < -0.3 is 4.74 Å². The Morgan fingerprint density at radius 3 is 2.68 bits per heavy atom. The molecule has 0 atom stereocenters. The van der Waals surface area contributed by atoms with Gasteiger partial charge in [-0.25, -0.2) is 0 Å². The number of carbonyl (C=O) groups is 1.